The van der Waals surface area contributed by atoms with Crippen LogP contribution in [0.2, 0.25) is 0 Å². The highest BCUT2D eigenvalue weighted by Gasteiger charge is 2.60. The number of piperazine rings is 1. The Bertz CT molecular complexity index is 720. The molecule has 1 aromatic rings. The van der Waals surface area contributed by atoms with Gasteiger partial charge in [-0.15, -0.1) is 0 Å². The van der Waals surface area contributed by atoms with Crippen LogP contribution >= 0.6 is 0 Å². The molecule has 0 radical (unpaired) electrons. The molecule has 3 rings (SSSR count). The minimum atomic E-state index is -3.33. The number of para-hydroxylation sites is 1. The Morgan fingerprint density at radius 1 is 1.17 bits per heavy atom. The summed E-state index contributed by atoms with van der Waals surface area (Å²) < 4.78 is 28.1. The predicted octanol–water partition coefficient (Wildman–Crippen LogP) is 0.917. The van der Waals surface area contributed by atoms with Gasteiger partial charge < -0.3 is 9.64 Å². The van der Waals surface area contributed by atoms with Crippen LogP contribution in [-0.4, -0.2) is 68.4 Å². The average molecular weight is 352 g/mol. The molecule has 24 heavy (non-hydrogen) atoms. The Labute approximate surface area is 143 Å². The Hall–Kier alpha value is -1.60. The number of hydrogen-bond donors (Lipinski definition) is 0. The Morgan fingerprint density at radius 3 is 2.33 bits per heavy atom. The monoisotopic (exact) mass is 352 g/mol. The van der Waals surface area contributed by atoms with Gasteiger partial charge in [-0.1, -0.05) is 18.2 Å². The molecule has 1 aliphatic heterocycles. The highest BCUT2D eigenvalue weighted by molar-refractivity contribution is 7.93. The number of hydrogen-bond acceptors (Lipinski definition) is 5. The van der Waals surface area contributed by atoms with Gasteiger partial charge in [-0.3, -0.25) is 9.69 Å². The second-order valence-electron chi connectivity index (χ2n) is 6.65. The van der Waals surface area contributed by atoms with Crippen molar-refractivity contribution in [3.8, 4) is 5.75 Å². The molecule has 0 N–H and O–H groups in total. The van der Waals surface area contributed by atoms with Crippen molar-refractivity contribution < 1.29 is 17.9 Å². The first-order chi connectivity index (χ1) is 11.4. The molecule has 0 spiro atoms. The number of carbonyl (C=O) groups excluding carboxylic acids is 1. The molecule has 1 saturated carbocycles. The molecule has 1 amide bonds. The van der Waals surface area contributed by atoms with Gasteiger partial charge in [0.05, 0.1) is 7.11 Å². The highest BCUT2D eigenvalue weighted by Crippen LogP contribution is 2.44. The number of ether oxygens (including phenoxy) is 1. The van der Waals surface area contributed by atoms with E-state index in [0.717, 1.165) is 30.9 Å². The van der Waals surface area contributed by atoms with E-state index in [1.807, 2.05) is 24.3 Å². The fourth-order valence-corrected chi connectivity index (χ4v) is 4.62. The zero-order valence-corrected chi connectivity index (χ0v) is 15.0. The zero-order chi connectivity index (χ0) is 17.4. The number of amides is 1. The van der Waals surface area contributed by atoms with Crippen molar-refractivity contribution in [2.75, 3.05) is 39.5 Å². The van der Waals surface area contributed by atoms with Crippen LogP contribution in [0, 0.1) is 0 Å². The maximum absolute atomic E-state index is 12.6. The van der Waals surface area contributed by atoms with Gasteiger partial charge >= 0.3 is 0 Å². The van der Waals surface area contributed by atoms with E-state index >= 15 is 0 Å². The second kappa shape index (κ2) is 6.37. The summed E-state index contributed by atoms with van der Waals surface area (Å²) in [6, 6.07) is 7.91. The van der Waals surface area contributed by atoms with Crippen LogP contribution in [-0.2, 0) is 21.2 Å². The van der Waals surface area contributed by atoms with Crippen molar-refractivity contribution in [2.45, 2.75) is 24.1 Å². The lowest BCUT2D eigenvalue weighted by molar-refractivity contribution is -0.133. The summed E-state index contributed by atoms with van der Waals surface area (Å²) in [5.41, 5.74) is 1.12. The summed E-state index contributed by atoms with van der Waals surface area (Å²) in [5, 5.41) is 0. The van der Waals surface area contributed by atoms with Gasteiger partial charge in [0.2, 0.25) is 5.91 Å². The molecule has 2 aliphatic rings. The van der Waals surface area contributed by atoms with Crippen LogP contribution in [0.5, 0.6) is 5.75 Å². The van der Waals surface area contributed by atoms with E-state index in [0.29, 0.717) is 25.9 Å². The molecular formula is C17H24N2O4S. The van der Waals surface area contributed by atoms with E-state index in [9.17, 15) is 13.2 Å². The molecule has 1 saturated heterocycles. The molecule has 1 aromatic carbocycles. The summed E-state index contributed by atoms with van der Waals surface area (Å²) in [4.78, 5) is 16.6. The minimum Gasteiger partial charge on any atom is -0.496 e. The third-order valence-electron chi connectivity index (χ3n) is 5.05. The van der Waals surface area contributed by atoms with E-state index in [1.165, 1.54) is 6.26 Å². The lowest BCUT2D eigenvalue weighted by Gasteiger charge is -2.36. The number of rotatable bonds is 5. The van der Waals surface area contributed by atoms with E-state index < -0.39 is 14.6 Å². The normalized spacial score (nSPS) is 20.7. The summed E-state index contributed by atoms with van der Waals surface area (Å²) in [6.07, 6.45) is 2.11. The lowest BCUT2D eigenvalue weighted by atomic mass is 10.1. The third-order valence-corrected chi connectivity index (χ3v) is 7.05. The number of carbonyl (C=O) groups is 1. The molecule has 2 fully saturated rings. The van der Waals surface area contributed by atoms with Crippen molar-refractivity contribution in [1.29, 1.82) is 0 Å². The molecule has 0 bridgehead atoms. The topological polar surface area (TPSA) is 66.9 Å². The van der Waals surface area contributed by atoms with Crippen molar-refractivity contribution in [2.24, 2.45) is 0 Å². The summed E-state index contributed by atoms with van der Waals surface area (Å²) >= 11 is 0. The maximum Gasteiger partial charge on any atom is 0.244 e. The van der Waals surface area contributed by atoms with Crippen LogP contribution in [0.4, 0.5) is 0 Å². The molecule has 0 atom stereocenters. The number of sulfone groups is 1. The summed E-state index contributed by atoms with van der Waals surface area (Å²) in [7, 11) is -1.67. The lowest BCUT2D eigenvalue weighted by Crippen LogP contribution is -2.53. The van der Waals surface area contributed by atoms with Gasteiger partial charge in [0.15, 0.2) is 14.6 Å². The Balaban J connectivity index is 1.59. The van der Waals surface area contributed by atoms with Gasteiger partial charge in [-0.25, -0.2) is 8.42 Å². The van der Waals surface area contributed by atoms with Crippen LogP contribution < -0.4 is 4.74 Å². The van der Waals surface area contributed by atoms with E-state index in [4.69, 9.17) is 4.74 Å². The number of methoxy groups -OCH3 is 1. The highest BCUT2D eigenvalue weighted by atomic mass is 32.2. The van der Waals surface area contributed by atoms with Gasteiger partial charge in [0.25, 0.3) is 0 Å². The minimum absolute atomic E-state index is 0.207. The number of nitrogens with zero attached hydrogens (tertiary/aromatic N) is 2. The maximum atomic E-state index is 12.6. The Kier molecular flexibility index (Phi) is 4.57. The standard InChI is InChI=1S/C17H24N2O4S/c1-23-15-6-4-3-5-14(15)13-18-9-11-19(12-10-18)16(20)17(7-8-17)24(2,21)22/h3-6H,7-13H2,1-2H3. The molecule has 0 aromatic heterocycles. The molecule has 132 valence electrons. The first-order valence-electron chi connectivity index (χ1n) is 8.20. The van der Waals surface area contributed by atoms with Crippen molar-refractivity contribution >= 4 is 15.7 Å². The number of benzene rings is 1. The summed E-state index contributed by atoms with van der Waals surface area (Å²) in [5.74, 6) is 0.659. The molecule has 1 heterocycles. The van der Waals surface area contributed by atoms with Crippen molar-refractivity contribution in [3.05, 3.63) is 29.8 Å². The van der Waals surface area contributed by atoms with Crippen LogP contribution in [0.1, 0.15) is 18.4 Å². The van der Waals surface area contributed by atoms with Gasteiger partial charge in [0.1, 0.15) is 5.75 Å². The van der Waals surface area contributed by atoms with Crippen molar-refractivity contribution in [3.63, 3.8) is 0 Å². The van der Waals surface area contributed by atoms with Gasteiger partial charge in [-0.05, 0) is 18.9 Å². The van der Waals surface area contributed by atoms with Crippen LogP contribution in [0.25, 0.3) is 0 Å². The van der Waals surface area contributed by atoms with Gasteiger partial charge in [-0.2, -0.15) is 0 Å². The predicted molar refractivity (Wildman–Crippen MR) is 91.7 cm³/mol. The van der Waals surface area contributed by atoms with Crippen LogP contribution in [0.3, 0.4) is 0 Å². The summed E-state index contributed by atoms with van der Waals surface area (Å²) in [6.45, 7) is 3.40. The zero-order valence-electron chi connectivity index (χ0n) is 14.2. The molecule has 1 aliphatic carbocycles. The SMILES string of the molecule is COc1ccccc1CN1CCN(C(=O)C2(S(C)(=O)=O)CC2)CC1. The molecule has 0 unspecified atom stereocenters. The Morgan fingerprint density at radius 2 is 1.79 bits per heavy atom. The third kappa shape index (κ3) is 3.15. The first kappa shape index (κ1) is 17.2. The average Bonchev–Trinajstić information content (AvgIpc) is 3.37. The van der Waals surface area contributed by atoms with Crippen LogP contribution in [0.15, 0.2) is 24.3 Å². The smallest absolute Gasteiger partial charge is 0.244 e. The largest absolute Gasteiger partial charge is 0.496 e. The molecule has 6 nitrogen and oxygen atoms in total. The fraction of sp³-hybridized carbons (Fsp3) is 0.588. The quantitative estimate of drug-likeness (QED) is 0.788. The van der Waals surface area contributed by atoms with Crippen molar-refractivity contribution in [1.82, 2.24) is 9.80 Å². The van der Waals surface area contributed by atoms with Gasteiger partial charge in [0, 0.05) is 44.5 Å². The second-order valence-corrected chi connectivity index (χ2v) is 8.97. The molecule has 7 heteroatoms. The molecular weight excluding hydrogens is 328 g/mol. The van der Waals surface area contributed by atoms with E-state index in [2.05, 4.69) is 4.90 Å². The van der Waals surface area contributed by atoms with E-state index in [1.54, 1.807) is 12.0 Å². The fourth-order valence-electron chi connectivity index (χ4n) is 3.33. The first-order valence-corrected chi connectivity index (χ1v) is 10.1. The van der Waals surface area contributed by atoms with E-state index in [-0.39, 0.29) is 5.91 Å².